The van der Waals surface area contributed by atoms with Crippen LogP contribution in [0.15, 0.2) is 24.4 Å². The molecule has 1 fully saturated rings. The first-order chi connectivity index (χ1) is 11.1. The Morgan fingerprint density at radius 1 is 1.39 bits per heavy atom. The van der Waals surface area contributed by atoms with Gasteiger partial charge in [-0.25, -0.2) is 4.79 Å². The van der Waals surface area contributed by atoms with E-state index in [2.05, 4.69) is 29.5 Å². The molecule has 2 rings (SSSR count). The van der Waals surface area contributed by atoms with E-state index < -0.39 is 0 Å². The van der Waals surface area contributed by atoms with Crippen molar-refractivity contribution in [2.75, 3.05) is 13.2 Å². The van der Waals surface area contributed by atoms with E-state index in [4.69, 9.17) is 0 Å². The first kappa shape index (κ1) is 17.7. The summed E-state index contributed by atoms with van der Waals surface area (Å²) in [6, 6.07) is 5.86. The van der Waals surface area contributed by atoms with Crippen molar-refractivity contribution in [2.24, 2.45) is 17.8 Å². The predicted octanol–water partition coefficient (Wildman–Crippen LogP) is 2.36. The molecule has 23 heavy (non-hydrogen) atoms. The predicted molar refractivity (Wildman–Crippen MR) is 91.0 cm³/mol. The molecular weight excluding hydrogens is 290 g/mol. The highest BCUT2D eigenvalue weighted by Gasteiger charge is 2.28. The summed E-state index contributed by atoms with van der Waals surface area (Å²) in [5, 5.41) is 15.5. The number of hydrogen-bond donors (Lipinski definition) is 3. The quantitative estimate of drug-likeness (QED) is 0.753. The molecule has 1 saturated carbocycles. The van der Waals surface area contributed by atoms with Gasteiger partial charge in [0.25, 0.3) is 0 Å². The van der Waals surface area contributed by atoms with Crippen LogP contribution in [0.2, 0.25) is 0 Å². The van der Waals surface area contributed by atoms with Crippen LogP contribution in [-0.4, -0.2) is 35.3 Å². The van der Waals surface area contributed by atoms with E-state index in [-0.39, 0.29) is 24.6 Å². The topological polar surface area (TPSA) is 74.2 Å². The van der Waals surface area contributed by atoms with E-state index in [9.17, 15) is 9.90 Å². The number of nitrogens with one attached hydrogen (secondary N) is 2. The standard InChI is InChI=1S/C18H29N3O2/c1-13-6-5-8-17(14(13)2)21-18(23)20-11-15(12-22)10-16-7-3-4-9-19-16/h3-4,7,9,13-15,17,22H,5-6,8,10-12H2,1-2H3,(H2,20,21,23). The molecule has 1 heterocycles. The van der Waals surface area contributed by atoms with Crippen molar-refractivity contribution in [1.29, 1.82) is 0 Å². The van der Waals surface area contributed by atoms with Crippen LogP contribution in [0.1, 0.15) is 38.8 Å². The first-order valence-electron chi connectivity index (χ1n) is 8.65. The number of carbonyl (C=O) groups excluding carboxylic acids is 1. The molecule has 5 heteroatoms. The maximum absolute atomic E-state index is 12.1. The Bertz CT molecular complexity index is 480. The first-order valence-corrected chi connectivity index (χ1v) is 8.65. The molecule has 1 aromatic rings. The Kier molecular flexibility index (Phi) is 6.84. The van der Waals surface area contributed by atoms with Gasteiger partial charge < -0.3 is 15.7 Å². The smallest absolute Gasteiger partial charge is 0.315 e. The minimum absolute atomic E-state index is 0.0154. The molecule has 0 radical (unpaired) electrons. The average Bonchev–Trinajstić information content (AvgIpc) is 2.56. The normalized spacial score (nSPS) is 25.6. The Balaban J connectivity index is 1.76. The molecule has 0 bridgehead atoms. The summed E-state index contributed by atoms with van der Waals surface area (Å²) in [6.45, 7) is 4.96. The number of pyridine rings is 1. The lowest BCUT2D eigenvalue weighted by atomic mass is 9.78. The number of carbonyl (C=O) groups is 1. The molecule has 0 spiro atoms. The van der Waals surface area contributed by atoms with Crippen molar-refractivity contribution in [3.8, 4) is 0 Å². The Morgan fingerprint density at radius 3 is 2.91 bits per heavy atom. The van der Waals surface area contributed by atoms with Crippen LogP contribution in [-0.2, 0) is 6.42 Å². The fraction of sp³-hybridized carbons (Fsp3) is 0.667. The van der Waals surface area contributed by atoms with Crippen LogP contribution in [0, 0.1) is 17.8 Å². The van der Waals surface area contributed by atoms with Gasteiger partial charge in [-0.2, -0.15) is 0 Å². The van der Waals surface area contributed by atoms with Gasteiger partial charge in [0.1, 0.15) is 0 Å². The number of amides is 2. The number of nitrogens with zero attached hydrogens (tertiary/aromatic N) is 1. The van der Waals surface area contributed by atoms with Gasteiger partial charge in [-0.15, -0.1) is 0 Å². The maximum Gasteiger partial charge on any atom is 0.315 e. The molecule has 3 N–H and O–H groups in total. The summed E-state index contributed by atoms with van der Waals surface area (Å²) in [6.07, 6.45) is 5.88. The number of aliphatic hydroxyl groups excluding tert-OH is 1. The summed E-state index contributed by atoms with van der Waals surface area (Å²) < 4.78 is 0. The van der Waals surface area contributed by atoms with Gasteiger partial charge in [0.15, 0.2) is 0 Å². The Labute approximate surface area is 138 Å². The van der Waals surface area contributed by atoms with Crippen molar-refractivity contribution >= 4 is 6.03 Å². The minimum atomic E-state index is -0.129. The molecule has 4 atom stereocenters. The molecule has 1 aliphatic rings. The number of urea groups is 1. The zero-order chi connectivity index (χ0) is 16.7. The Hall–Kier alpha value is -1.62. The molecule has 1 aliphatic carbocycles. The number of aromatic nitrogens is 1. The van der Waals surface area contributed by atoms with E-state index >= 15 is 0 Å². The van der Waals surface area contributed by atoms with Crippen LogP contribution >= 0.6 is 0 Å². The highest BCUT2D eigenvalue weighted by atomic mass is 16.3. The fourth-order valence-corrected chi connectivity index (χ4v) is 3.26. The summed E-state index contributed by atoms with van der Waals surface area (Å²) >= 11 is 0. The van der Waals surface area contributed by atoms with Gasteiger partial charge in [0, 0.05) is 37.0 Å². The van der Waals surface area contributed by atoms with E-state index in [1.165, 1.54) is 12.8 Å². The molecule has 0 aromatic carbocycles. The molecule has 1 aromatic heterocycles. The molecule has 2 amide bonds. The summed E-state index contributed by atoms with van der Waals surface area (Å²) in [5.41, 5.74) is 0.934. The lowest BCUT2D eigenvalue weighted by molar-refractivity contribution is 0.189. The largest absolute Gasteiger partial charge is 0.396 e. The van der Waals surface area contributed by atoms with Gasteiger partial charge in [-0.05, 0) is 36.8 Å². The molecule has 4 unspecified atom stereocenters. The van der Waals surface area contributed by atoms with Gasteiger partial charge >= 0.3 is 6.03 Å². The van der Waals surface area contributed by atoms with E-state index in [0.717, 1.165) is 12.1 Å². The second-order valence-electron chi connectivity index (χ2n) is 6.80. The van der Waals surface area contributed by atoms with Crippen molar-refractivity contribution in [3.05, 3.63) is 30.1 Å². The zero-order valence-corrected chi connectivity index (χ0v) is 14.2. The van der Waals surface area contributed by atoms with Gasteiger partial charge in [0.05, 0.1) is 0 Å². The molecule has 128 valence electrons. The van der Waals surface area contributed by atoms with Crippen molar-refractivity contribution in [3.63, 3.8) is 0 Å². The van der Waals surface area contributed by atoms with Crippen LogP contribution in [0.5, 0.6) is 0 Å². The van der Waals surface area contributed by atoms with Gasteiger partial charge in [-0.1, -0.05) is 32.8 Å². The number of aliphatic hydroxyl groups is 1. The fourth-order valence-electron chi connectivity index (χ4n) is 3.26. The summed E-state index contributed by atoms with van der Waals surface area (Å²) in [5.74, 6) is 1.15. The second kappa shape index (κ2) is 8.87. The third-order valence-electron chi connectivity index (χ3n) is 5.06. The molecule has 0 aliphatic heterocycles. The number of rotatable bonds is 6. The summed E-state index contributed by atoms with van der Waals surface area (Å²) in [7, 11) is 0. The van der Waals surface area contributed by atoms with Crippen LogP contribution < -0.4 is 10.6 Å². The lowest BCUT2D eigenvalue weighted by Gasteiger charge is -2.34. The monoisotopic (exact) mass is 319 g/mol. The van der Waals surface area contributed by atoms with E-state index in [0.29, 0.717) is 24.8 Å². The highest BCUT2D eigenvalue weighted by molar-refractivity contribution is 5.74. The maximum atomic E-state index is 12.1. The van der Waals surface area contributed by atoms with Crippen LogP contribution in [0.3, 0.4) is 0 Å². The second-order valence-corrected chi connectivity index (χ2v) is 6.80. The minimum Gasteiger partial charge on any atom is -0.396 e. The van der Waals surface area contributed by atoms with Gasteiger partial charge in [0.2, 0.25) is 0 Å². The van der Waals surface area contributed by atoms with Crippen molar-refractivity contribution in [1.82, 2.24) is 15.6 Å². The average molecular weight is 319 g/mol. The van der Waals surface area contributed by atoms with Gasteiger partial charge in [-0.3, -0.25) is 4.98 Å². The summed E-state index contributed by atoms with van der Waals surface area (Å²) in [4.78, 5) is 16.4. The highest BCUT2D eigenvalue weighted by Crippen LogP contribution is 2.29. The van der Waals surface area contributed by atoms with E-state index in [1.54, 1.807) is 6.20 Å². The van der Waals surface area contributed by atoms with Crippen LogP contribution in [0.25, 0.3) is 0 Å². The SMILES string of the molecule is CC1CCCC(NC(=O)NCC(CO)Cc2ccccn2)C1C. The molecule has 5 nitrogen and oxygen atoms in total. The lowest BCUT2D eigenvalue weighted by Crippen LogP contribution is -2.49. The van der Waals surface area contributed by atoms with Crippen molar-refractivity contribution in [2.45, 2.75) is 45.6 Å². The third-order valence-corrected chi connectivity index (χ3v) is 5.06. The molecular formula is C18H29N3O2. The molecule has 0 saturated heterocycles. The van der Waals surface area contributed by atoms with E-state index in [1.807, 2.05) is 18.2 Å². The third kappa shape index (κ3) is 5.50. The zero-order valence-electron chi connectivity index (χ0n) is 14.2. The van der Waals surface area contributed by atoms with Crippen molar-refractivity contribution < 1.29 is 9.90 Å². The van der Waals surface area contributed by atoms with Crippen LogP contribution in [0.4, 0.5) is 4.79 Å². The number of hydrogen-bond acceptors (Lipinski definition) is 3. The Morgan fingerprint density at radius 2 is 2.22 bits per heavy atom.